The van der Waals surface area contributed by atoms with Crippen molar-refractivity contribution in [3.05, 3.63) is 28.5 Å². The molecule has 1 aliphatic heterocycles. The summed E-state index contributed by atoms with van der Waals surface area (Å²) in [4.78, 5) is 0. The molecule has 0 aliphatic carbocycles. The SMILES string of the molecule is CC1CC(Nc2cc(F)ccc2Br)CC(C)O1. The molecule has 1 fully saturated rings. The van der Waals surface area contributed by atoms with Gasteiger partial charge in [0.25, 0.3) is 0 Å². The standard InChI is InChI=1S/C13H17BrFNO/c1-8-5-11(6-9(2)17-8)16-13-7-10(15)3-4-12(13)14/h3-4,7-9,11,16H,5-6H2,1-2H3. The molecule has 0 bridgehead atoms. The molecule has 4 heteroatoms. The molecule has 0 aromatic heterocycles. The molecule has 1 heterocycles. The third-order valence-corrected chi connectivity index (χ3v) is 3.68. The van der Waals surface area contributed by atoms with Gasteiger partial charge in [-0.05, 0) is 60.8 Å². The van der Waals surface area contributed by atoms with Crippen LogP contribution in [0.5, 0.6) is 0 Å². The van der Waals surface area contributed by atoms with Crippen molar-refractivity contribution in [2.24, 2.45) is 0 Å². The molecule has 2 unspecified atom stereocenters. The van der Waals surface area contributed by atoms with Crippen molar-refractivity contribution in [3.8, 4) is 0 Å². The van der Waals surface area contributed by atoms with Crippen LogP contribution in [0.1, 0.15) is 26.7 Å². The molecule has 1 N–H and O–H groups in total. The lowest BCUT2D eigenvalue weighted by atomic mass is 9.99. The van der Waals surface area contributed by atoms with Gasteiger partial charge in [0.15, 0.2) is 0 Å². The van der Waals surface area contributed by atoms with Gasteiger partial charge in [-0.2, -0.15) is 0 Å². The largest absolute Gasteiger partial charge is 0.381 e. The van der Waals surface area contributed by atoms with E-state index >= 15 is 0 Å². The maximum atomic E-state index is 13.2. The van der Waals surface area contributed by atoms with Crippen LogP contribution in [0.4, 0.5) is 10.1 Å². The Morgan fingerprint density at radius 3 is 2.59 bits per heavy atom. The Balaban J connectivity index is 2.07. The lowest BCUT2D eigenvalue weighted by Crippen LogP contribution is -2.36. The maximum Gasteiger partial charge on any atom is 0.125 e. The molecule has 1 aromatic carbocycles. The number of hydrogen-bond donors (Lipinski definition) is 1. The van der Waals surface area contributed by atoms with Gasteiger partial charge < -0.3 is 10.1 Å². The van der Waals surface area contributed by atoms with E-state index in [2.05, 4.69) is 35.1 Å². The monoisotopic (exact) mass is 301 g/mol. The Hall–Kier alpha value is -0.610. The fourth-order valence-electron chi connectivity index (χ4n) is 2.35. The second kappa shape index (κ2) is 5.36. The second-order valence-electron chi connectivity index (χ2n) is 4.69. The molecule has 17 heavy (non-hydrogen) atoms. The first kappa shape index (κ1) is 12.8. The van der Waals surface area contributed by atoms with Gasteiger partial charge in [0, 0.05) is 10.5 Å². The van der Waals surface area contributed by atoms with E-state index in [1.54, 1.807) is 6.07 Å². The van der Waals surface area contributed by atoms with Crippen LogP contribution in [0.3, 0.4) is 0 Å². The van der Waals surface area contributed by atoms with Gasteiger partial charge >= 0.3 is 0 Å². The maximum absolute atomic E-state index is 13.2. The Kier molecular flexibility index (Phi) is 4.05. The molecule has 0 saturated carbocycles. The van der Waals surface area contributed by atoms with Crippen molar-refractivity contribution in [2.75, 3.05) is 5.32 Å². The summed E-state index contributed by atoms with van der Waals surface area (Å²) in [5, 5.41) is 3.38. The van der Waals surface area contributed by atoms with Crippen LogP contribution >= 0.6 is 15.9 Å². The molecule has 0 spiro atoms. The van der Waals surface area contributed by atoms with Crippen molar-refractivity contribution < 1.29 is 9.13 Å². The van der Waals surface area contributed by atoms with Gasteiger partial charge in [-0.3, -0.25) is 0 Å². The van der Waals surface area contributed by atoms with Crippen molar-refractivity contribution in [1.29, 1.82) is 0 Å². The number of nitrogens with one attached hydrogen (secondary N) is 1. The predicted molar refractivity (Wildman–Crippen MR) is 70.8 cm³/mol. The van der Waals surface area contributed by atoms with Crippen LogP contribution in [-0.2, 0) is 4.74 Å². The summed E-state index contributed by atoms with van der Waals surface area (Å²) in [6, 6.07) is 5.04. The normalized spacial score (nSPS) is 29.1. The molecular formula is C13H17BrFNO. The number of rotatable bonds is 2. The van der Waals surface area contributed by atoms with Crippen LogP contribution in [0.15, 0.2) is 22.7 Å². The molecule has 0 amide bonds. The highest BCUT2D eigenvalue weighted by molar-refractivity contribution is 9.10. The molecule has 1 aromatic rings. The Morgan fingerprint density at radius 2 is 1.94 bits per heavy atom. The fourth-order valence-corrected chi connectivity index (χ4v) is 2.71. The van der Waals surface area contributed by atoms with E-state index in [-0.39, 0.29) is 18.0 Å². The lowest BCUT2D eigenvalue weighted by Gasteiger charge is -2.33. The van der Waals surface area contributed by atoms with Crippen LogP contribution in [-0.4, -0.2) is 18.2 Å². The summed E-state index contributed by atoms with van der Waals surface area (Å²) in [5.74, 6) is -0.219. The topological polar surface area (TPSA) is 21.3 Å². The zero-order valence-electron chi connectivity index (χ0n) is 10.0. The highest BCUT2D eigenvalue weighted by atomic mass is 79.9. The minimum absolute atomic E-state index is 0.219. The van der Waals surface area contributed by atoms with Crippen molar-refractivity contribution in [1.82, 2.24) is 0 Å². The van der Waals surface area contributed by atoms with Crippen LogP contribution in [0, 0.1) is 5.82 Å². The minimum atomic E-state index is -0.219. The van der Waals surface area contributed by atoms with Gasteiger partial charge in [0.1, 0.15) is 5.82 Å². The van der Waals surface area contributed by atoms with E-state index in [0.29, 0.717) is 6.04 Å². The van der Waals surface area contributed by atoms with Crippen LogP contribution < -0.4 is 5.32 Å². The third kappa shape index (κ3) is 3.42. The lowest BCUT2D eigenvalue weighted by molar-refractivity contribution is -0.0337. The summed E-state index contributed by atoms with van der Waals surface area (Å²) in [7, 11) is 0. The Labute approximate surface area is 110 Å². The molecule has 2 atom stereocenters. The first-order chi connectivity index (χ1) is 8.04. The number of halogens is 2. The zero-order valence-corrected chi connectivity index (χ0v) is 11.6. The van der Waals surface area contributed by atoms with E-state index < -0.39 is 0 Å². The van der Waals surface area contributed by atoms with Gasteiger partial charge in [-0.25, -0.2) is 4.39 Å². The summed E-state index contributed by atoms with van der Waals surface area (Å²) < 4.78 is 19.7. The predicted octanol–water partition coefficient (Wildman–Crippen LogP) is 3.96. The number of hydrogen-bond acceptors (Lipinski definition) is 2. The molecule has 1 aliphatic rings. The highest BCUT2D eigenvalue weighted by Gasteiger charge is 2.24. The highest BCUT2D eigenvalue weighted by Crippen LogP contribution is 2.27. The van der Waals surface area contributed by atoms with Crippen LogP contribution in [0.2, 0.25) is 0 Å². The first-order valence-corrected chi connectivity index (χ1v) is 6.71. The number of benzene rings is 1. The Morgan fingerprint density at radius 1 is 1.29 bits per heavy atom. The van der Waals surface area contributed by atoms with Crippen LogP contribution in [0.25, 0.3) is 0 Å². The van der Waals surface area contributed by atoms with Crippen molar-refractivity contribution in [2.45, 2.75) is 44.9 Å². The first-order valence-electron chi connectivity index (χ1n) is 5.91. The molecular weight excluding hydrogens is 285 g/mol. The molecule has 1 saturated heterocycles. The van der Waals surface area contributed by atoms with E-state index in [1.807, 2.05) is 0 Å². The third-order valence-electron chi connectivity index (χ3n) is 2.99. The number of anilines is 1. The second-order valence-corrected chi connectivity index (χ2v) is 5.55. The summed E-state index contributed by atoms with van der Waals surface area (Å²) in [6.45, 7) is 4.15. The quantitative estimate of drug-likeness (QED) is 0.893. The Bertz CT molecular complexity index is 389. The van der Waals surface area contributed by atoms with E-state index in [9.17, 15) is 4.39 Å². The summed E-state index contributed by atoms with van der Waals surface area (Å²) >= 11 is 3.43. The van der Waals surface area contributed by atoms with E-state index in [4.69, 9.17) is 4.74 Å². The average Bonchev–Trinajstić information content (AvgIpc) is 2.22. The molecule has 0 radical (unpaired) electrons. The van der Waals surface area contributed by atoms with Crippen molar-refractivity contribution >= 4 is 21.6 Å². The average molecular weight is 302 g/mol. The van der Waals surface area contributed by atoms with Gasteiger partial charge in [-0.15, -0.1) is 0 Å². The van der Waals surface area contributed by atoms with Gasteiger partial charge in [-0.1, -0.05) is 0 Å². The number of ether oxygens (including phenoxy) is 1. The minimum Gasteiger partial charge on any atom is -0.381 e. The summed E-state index contributed by atoms with van der Waals surface area (Å²) in [5.41, 5.74) is 0.816. The van der Waals surface area contributed by atoms with Gasteiger partial charge in [0.05, 0.1) is 17.9 Å². The molecule has 2 rings (SSSR count). The van der Waals surface area contributed by atoms with E-state index in [0.717, 1.165) is 23.0 Å². The zero-order chi connectivity index (χ0) is 12.4. The van der Waals surface area contributed by atoms with Crippen molar-refractivity contribution in [3.63, 3.8) is 0 Å². The fraction of sp³-hybridized carbons (Fsp3) is 0.538. The molecule has 94 valence electrons. The molecule has 2 nitrogen and oxygen atoms in total. The van der Waals surface area contributed by atoms with Gasteiger partial charge in [0.2, 0.25) is 0 Å². The van der Waals surface area contributed by atoms with E-state index in [1.165, 1.54) is 12.1 Å². The smallest absolute Gasteiger partial charge is 0.125 e. The summed E-state index contributed by atoms with van der Waals surface area (Å²) in [6.07, 6.45) is 2.41.